The number of aliphatic hydroxyl groups is 2. The molecule has 6 N–H and O–H groups in total. The maximum Gasteiger partial charge on any atom is 0.191 e. The lowest BCUT2D eigenvalue weighted by atomic mass is 10.0. The molecule has 0 radical (unpaired) electrons. The Bertz CT molecular complexity index is 1220. The second-order valence-corrected chi connectivity index (χ2v) is 7.04. The van der Waals surface area contributed by atoms with E-state index in [1.165, 1.54) is 6.07 Å². The number of pyridine rings is 1. The third kappa shape index (κ3) is 3.52. The van der Waals surface area contributed by atoms with E-state index in [2.05, 4.69) is 16.0 Å². The standard InChI is InChI=1S/C21H25N5O4/c27-10-8-22-6-7-24-14-5-4-13-15(12-23-9-11-28)25-26-16-2-1-3-17(29)19(16)21(30)18(14)20(13)26/h1-5,22-24,27-28,30H,6-12H2. The molecule has 2 aromatic carbocycles. The quantitative estimate of drug-likeness (QED) is 0.161. The van der Waals surface area contributed by atoms with Gasteiger partial charge in [-0.3, -0.25) is 4.79 Å². The van der Waals surface area contributed by atoms with Crippen LogP contribution in [0.3, 0.4) is 0 Å². The van der Waals surface area contributed by atoms with Crippen LogP contribution in [0.1, 0.15) is 5.69 Å². The number of fused-ring (bicyclic) bond motifs is 2. The second-order valence-electron chi connectivity index (χ2n) is 7.04. The van der Waals surface area contributed by atoms with Gasteiger partial charge in [0.15, 0.2) is 5.43 Å². The molecule has 0 spiro atoms. The van der Waals surface area contributed by atoms with Crippen molar-refractivity contribution in [1.82, 2.24) is 20.2 Å². The molecule has 158 valence electrons. The van der Waals surface area contributed by atoms with Crippen LogP contribution in [0.15, 0.2) is 35.1 Å². The number of aromatic nitrogens is 2. The van der Waals surface area contributed by atoms with Crippen LogP contribution < -0.4 is 21.4 Å². The molecule has 0 atom stereocenters. The van der Waals surface area contributed by atoms with Crippen molar-refractivity contribution < 1.29 is 15.3 Å². The second kappa shape index (κ2) is 8.80. The van der Waals surface area contributed by atoms with Gasteiger partial charge in [0, 0.05) is 43.8 Å². The summed E-state index contributed by atoms with van der Waals surface area (Å²) in [6.07, 6.45) is 0. The molecule has 0 bridgehead atoms. The molecule has 4 aromatic rings. The summed E-state index contributed by atoms with van der Waals surface area (Å²) in [6, 6.07) is 8.68. The van der Waals surface area contributed by atoms with Crippen molar-refractivity contribution >= 4 is 32.9 Å². The molecule has 0 saturated carbocycles. The van der Waals surface area contributed by atoms with Gasteiger partial charge in [-0.2, -0.15) is 5.10 Å². The topological polar surface area (TPSA) is 131 Å². The van der Waals surface area contributed by atoms with E-state index in [0.717, 1.165) is 16.6 Å². The van der Waals surface area contributed by atoms with E-state index in [0.29, 0.717) is 49.3 Å². The van der Waals surface area contributed by atoms with E-state index < -0.39 is 0 Å². The van der Waals surface area contributed by atoms with Gasteiger partial charge in [-0.05, 0) is 24.3 Å². The molecule has 9 heteroatoms. The number of aliphatic hydroxyl groups excluding tert-OH is 2. The number of nitrogens with zero attached hydrogens (tertiary/aromatic N) is 2. The number of hydrogen-bond donors (Lipinski definition) is 6. The van der Waals surface area contributed by atoms with Crippen molar-refractivity contribution in [2.24, 2.45) is 0 Å². The van der Waals surface area contributed by atoms with Crippen LogP contribution in [0, 0.1) is 0 Å². The van der Waals surface area contributed by atoms with Crippen molar-refractivity contribution in [3.8, 4) is 5.75 Å². The van der Waals surface area contributed by atoms with Crippen molar-refractivity contribution in [1.29, 1.82) is 0 Å². The minimum atomic E-state index is -0.265. The number of aromatic hydroxyl groups is 1. The minimum Gasteiger partial charge on any atom is -0.506 e. The third-order valence-electron chi connectivity index (χ3n) is 5.11. The van der Waals surface area contributed by atoms with Gasteiger partial charge in [0.05, 0.1) is 40.7 Å². The summed E-state index contributed by atoms with van der Waals surface area (Å²) in [4.78, 5) is 12.5. The monoisotopic (exact) mass is 411 g/mol. The minimum absolute atomic E-state index is 0.0270. The number of benzene rings is 2. The van der Waals surface area contributed by atoms with Gasteiger partial charge < -0.3 is 31.3 Å². The SMILES string of the molecule is O=c1cccc2c1c(O)c1c(NCCNCCO)ccc3c(CNCCO)nn2c31. The van der Waals surface area contributed by atoms with Gasteiger partial charge in [-0.25, -0.2) is 4.52 Å². The van der Waals surface area contributed by atoms with Gasteiger partial charge in [0.2, 0.25) is 0 Å². The Balaban J connectivity index is 1.88. The predicted octanol–water partition coefficient (Wildman–Crippen LogP) is 0.220. The predicted molar refractivity (Wildman–Crippen MR) is 117 cm³/mol. The van der Waals surface area contributed by atoms with Gasteiger partial charge >= 0.3 is 0 Å². The van der Waals surface area contributed by atoms with Crippen molar-refractivity contribution in [2.45, 2.75) is 6.54 Å². The van der Waals surface area contributed by atoms with Crippen LogP contribution in [0.4, 0.5) is 5.69 Å². The van der Waals surface area contributed by atoms with E-state index in [9.17, 15) is 9.90 Å². The molecule has 2 aromatic heterocycles. The lowest BCUT2D eigenvalue weighted by molar-refractivity contribution is 0.291. The Kier molecular flexibility index (Phi) is 5.96. The third-order valence-corrected chi connectivity index (χ3v) is 5.11. The highest BCUT2D eigenvalue weighted by molar-refractivity contribution is 6.13. The van der Waals surface area contributed by atoms with E-state index >= 15 is 0 Å². The zero-order valence-electron chi connectivity index (χ0n) is 16.5. The van der Waals surface area contributed by atoms with Gasteiger partial charge in [0.1, 0.15) is 5.75 Å². The number of nitrogens with one attached hydrogen (secondary N) is 3. The summed E-state index contributed by atoms with van der Waals surface area (Å²) in [5.74, 6) is -0.0608. The zero-order chi connectivity index (χ0) is 21.1. The average molecular weight is 411 g/mol. The molecule has 0 fully saturated rings. The van der Waals surface area contributed by atoms with Gasteiger partial charge in [0.25, 0.3) is 0 Å². The normalized spacial score (nSPS) is 11.8. The molecule has 0 aliphatic carbocycles. The molecule has 0 aliphatic rings. The lowest BCUT2D eigenvalue weighted by Gasteiger charge is -2.14. The van der Waals surface area contributed by atoms with Crippen LogP contribution in [-0.2, 0) is 6.54 Å². The maximum absolute atomic E-state index is 12.5. The Labute approximate surface area is 172 Å². The van der Waals surface area contributed by atoms with Crippen LogP contribution in [0.2, 0.25) is 0 Å². The smallest absolute Gasteiger partial charge is 0.191 e. The van der Waals surface area contributed by atoms with E-state index in [1.807, 2.05) is 12.1 Å². The van der Waals surface area contributed by atoms with Crippen LogP contribution >= 0.6 is 0 Å². The summed E-state index contributed by atoms with van der Waals surface area (Å²) in [5, 5.41) is 44.9. The van der Waals surface area contributed by atoms with Crippen molar-refractivity contribution in [3.63, 3.8) is 0 Å². The van der Waals surface area contributed by atoms with Crippen LogP contribution in [0.25, 0.3) is 27.2 Å². The summed E-state index contributed by atoms with van der Waals surface area (Å²) >= 11 is 0. The highest BCUT2D eigenvalue weighted by Crippen LogP contribution is 2.40. The summed E-state index contributed by atoms with van der Waals surface area (Å²) in [7, 11) is 0. The number of anilines is 1. The fourth-order valence-electron chi connectivity index (χ4n) is 3.80. The fourth-order valence-corrected chi connectivity index (χ4v) is 3.80. The summed E-state index contributed by atoms with van der Waals surface area (Å²) in [6.45, 7) is 2.72. The van der Waals surface area contributed by atoms with E-state index in [1.54, 1.807) is 16.6 Å². The molecule has 2 heterocycles. The van der Waals surface area contributed by atoms with E-state index in [4.69, 9.17) is 15.3 Å². The first-order valence-corrected chi connectivity index (χ1v) is 9.96. The molecular formula is C21H25N5O4. The molecule has 9 nitrogen and oxygen atoms in total. The summed E-state index contributed by atoms with van der Waals surface area (Å²) < 4.78 is 1.71. The molecule has 0 aliphatic heterocycles. The van der Waals surface area contributed by atoms with Crippen LogP contribution in [0.5, 0.6) is 5.75 Å². The largest absolute Gasteiger partial charge is 0.506 e. The Morgan fingerprint density at radius 3 is 2.53 bits per heavy atom. The highest BCUT2D eigenvalue weighted by Gasteiger charge is 2.21. The van der Waals surface area contributed by atoms with Crippen molar-refractivity contribution in [2.75, 3.05) is 44.7 Å². The maximum atomic E-state index is 12.5. The number of hydrogen-bond acceptors (Lipinski definition) is 8. The summed E-state index contributed by atoms with van der Waals surface area (Å²) in [5.41, 5.74) is 2.49. The Morgan fingerprint density at radius 2 is 1.73 bits per heavy atom. The molecule has 0 unspecified atom stereocenters. The lowest BCUT2D eigenvalue weighted by Crippen LogP contribution is -2.24. The molecule has 0 saturated heterocycles. The highest BCUT2D eigenvalue weighted by atomic mass is 16.3. The molecule has 4 rings (SSSR count). The molecule has 30 heavy (non-hydrogen) atoms. The average Bonchev–Trinajstić information content (AvgIpc) is 3.11. The first kappa shape index (κ1) is 20.3. The Hall–Kier alpha value is -2.98. The molecule has 0 amide bonds. The number of rotatable bonds is 10. The van der Waals surface area contributed by atoms with Gasteiger partial charge in [-0.15, -0.1) is 0 Å². The first-order chi connectivity index (χ1) is 14.7. The molecular weight excluding hydrogens is 386 g/mol. The zero-order valence-corrected chi connectivity index (χ0v) is 16.5. The van der Waals surface area contributed by atoms with E-state index in [-0.39, 0.29) is 29.8 Å². The van der Waals surface area contributed by atoms with Gasteiger partial charge in [-0.1, -0.05) is 6.07 Å². The first-order valence-electron chi connectivity index (χ1n) is 9.96. The Morgan fingerprint density at radius 1 is 0.933 bits per heavy atom. The van der Waals surface area contributed by atoms with Crippen molar-refractivity contribution in [3.05, 3.63) is 46.2 Å². The van der Waals surface area contributed by atoms with Crippen LogP contribution in [-0.4, -0.2) is 64.3 Å². The fraction of sp³-hybridized carbons (Fsp3) is 0.333.